The van der Waals surface area contributed by atoms with Gasteiger partial charge in [0.05, 0.1) is 0 Å². The average Bonchev–Trinajstić information content (AvgIpc) is 3.25. The van der Waals surface area contributed by atoms with E-state index in [0.29, 0.717) is 0 Å². The van der Waals surface area contributed by atoms with Crippen LogP contribution >= 0.6 is 0 Å². The summed E-state index contributed by atoms with van der Waals surface area (Å²) in [6.07, 6.45) is 7.50. The zero-order valence-electron chi connectivity index (χ0n) is 12.6. The molecule has 1 N–H and O–H groups in total. The minimum absolute atomic E-state index is 0.817. The van der Waals surface area contributed by atoms with Crippen LogP contribution in [0.3, 0.4) is 0 Å². The van der Waals surface area contributed by atoms with Crippen molar-refractivity contribution < 1.29 is 0 Å². The molecule has 1 aromatic rings. The van der Waals surface area contributed by atoms with Crippen LogP contribution in [0.1, 0.15) is 37.3 Å². The first kappa shape index (κ1) is 13.8. The molecule has 20 heavy (non-hydrogen) atoms. The number of hydrogen-bond acceptors (Lipinski definition) is 2. The predicted molar refractivity (Wildman–Crippen MR) is 84.8 cm³/mol. The summed E-state index contributed by atoms with van der Waals surface area (Å²) in [6.45, 7) is 6.81. The highest BCUT2D eigenvalue weighted by Crippen LogP contribution is 2.19. The number of hydrogen-bond donors (Lipinski definition) is 1. The maximum atomic E-state index is 3.62. The third-order valence-electron chi connectivity index (χ3n) is 4.33. The van der Waals surface area contributed by atoms with Gasteiger partial charge in [0.15, 0.2) is 0 Å². The Bertz CT molecular complexity index is 474. The summed E-state index contributed by atoms with van der Waals surface area (Å²) in [6, 6.07) is 9.78. The molecule has 108 valence electrons. The highest BCUT2D eigenvalue weighted by Gasteiger charge is 2.20. The summed E-state index contributed by atoms with van der Waals surface area (Å²) < 4.78 is 0. The van der Waals surface area contributed by atoms with Gasteiger partial charge in [-0.15, -0.1) is 0 Å². The molecule has 1 saturated carbocycles. The molecule has 1 fully saturated rings. The predicted octanol–water partition coefficient (Wildman–Crippen LogP) is 3.13. The van der Waals surface area contributed by atoms with Gasteiger partial charge in [0.2, 0.25) is 0 Å². The van der Waals surface area contributed by atoms with Gasteiger partial charge in [-0.05, 0) is 50.3 Å². The number of nitrogens with one attached hydrogen (secondary N) is 1. The second-order valence-corrected chi connectivity index (χ2v) is 6.30. The molecule has 0 spiro atoms. The Morgan fingerprint density at radius 3 is 2.75 bits per heavy atom. The van der Waals surface area contributed by atoms with Crippen LogP contribution in [0.4, 0.5) is 0 Å². The third kappa shape index (κ3) is 3.94. The van der Waals surface area contributed by atoms with E-state index in [2.05, 4.69) is 47.5 Å². The highest BCUT2D eigenvalue weighted by molar-refractivity contribution is 5.27. The van der Waals surface area contributed by atoms with Gasteiger partial charge in [-0.25, -0.2) is 0 Å². The monoisotopic (exact) mass is 270 g/mol. The Morgan fingerprint density at radius 1 is 1.20 bits per heavy atom. The van der Waals surface area contributed by atoms with Crippen LogP contribution in [0.5, 0.6) is 0 Å². The van der Waals surface area contributed by atoms with E-state index in [1.165, 1.54) is 42.5 Å². The largest absolute Gasteiger partial charge is 0.314 e. The van der Waals surface area contributed by atoms with E-state index in [1.54, 1.807) is 0 Å². The number of rotatable bonds is 6. The molecule has 2 nitrogen and oxygen atoms in total. The van der Waals surface area contributed by atoms with Gasteiger partial charge in [-0.3, -0.25) is 4.90 Å². The molecular weight excluding hydrogens is 244 g/mol. The Labute approximate surface area is 122 Å². The first-order chi connectivity index (χ1) is 9.81. The van der Waals surface area contributed by atoms with Crippen LogP contribution in [0.25, 0.3) is 0 Å². The van der Waals surface area contributed by atoms with Crippen molar-refractivity contribution in [3.8, 4) is 0 Å². The summed E-state index contributed by atoms with van der Waals surface area (Å²) in [5.74, 6) is 0. The summed E-state index contributed by atoms with van der Waals surface area (Å²) in [5.41, 5.74) is 4.55. The first-order valence-electron chi connectivity index (χ1n) is 7.99. The minimum atomic E-state index is 0.817. The van der Waals surface area contributed by atoms with Crippen LogP contribution in [0, 0.1) is 0 Å². The number of benzene rings is 1. The van der Waals surface area contributed by atoms with Crippen molar-refractivity contribution in [1.29, 1.82) is 0 Å². The second-order valence-electron chi connectivity index (χ2n) is 6.30. The van der Waals surface area contributed by atoms with Gasteiger partial charge >= 0.3 is 0 Å². The maximum Gasteiger partial charge on any atom is 0.0240 e. The smallest absolute Gasteiger partial charge is 0.0240 e. The molecular formula is C18H26N2. The fourth-order valence-corrected chi connectivity index (χ4v) is 3.02. The van der Waals surface area contributed by atoms with E-state index in [0.717, 1.165) is 32.1 Å². The van der Waals surface area contributed by atoms with Crippen LogP contribution < -0.4 is 5.32 Å². The molecule has 1 heterocycles. The SMILES string of the molecule is CC1=CCCN(Cc2ccccc2CCNC2CC2)C1. The molecule has 2 aliphatic rings. The molecule has 0 aromatic heterocycles. The molecule has 0 unspecified atom stereocenters. The molecule has 0 atom stereocenters. The van der Waals surface area contributed by atoms with Crippen LogP contribution in [0.2, 0.25) is 0 Å². The Hall–Kier alpha value is -1.12. The van der Waals surface area contributed by atoms with Crippen molar-refractivity contribution in [2.24, 2.45) is 0 Å². The van der Waals surface area contributed by atoms with E-state index in [-0.39, 0.29) is 0 Å². The molecule has 3 rings (SSSR count). The van der Waals surface area contributed by atoms with E-state index < -0.39 is 0 Å². The van der Waals surface area contributed by atoms with Gasteiger partial charge in [-0.1, -0.05) is 35.9 Å². The second kappa shape index (κ2) is 6.55. The van der Waals surface area contributed by atoms with Gasteiger partial charge in [0.1, 0.15) is 0 Å². The molecule has 2 heteroatoms. The lowest BCUT2D eigenvalue weighted by atomic mass is 10.0. The van der Waals surface area contributed by atoms with Crippen molar-refractivity contribution in [2.45, 2.75) is 45.2 Å². The van der Waals surface area contributed by atoms with Crippen molar-refractivity contribution in [1.82, 2.24) is 10.2 Å². The molecule has 1 aliphatic carbocycles. The lowest BCUT2D eigenvalue weighted by Crippen LogP contribution is -2.29. The fraction of sp³-hybridized carbons (Fsp3) is 0.556. The highest BCUT2D eigenvalue weighted by atomic mass is 15.1. The third-order valence-corrected chi connectivity index (χ3v) is 4.33. The lowest BCUT2D eigenvalue weighted by Gasteiger charge is -2.27. The topological polar surface area (TPSA) is 15.3 Å². The van der Waals surface area contributed by atoms with Crippen molar-refractivity contribution >= 4 is 0 Å². The normalized spacial score (nSPS) is 19.9. The molecule has 0 amide bonds. The lowest BCUT2D eigenvalue weighted by molar-refractivity contribution is 0.281. The zero-order chi connectivity index (χ0) is 13.8. The quantitative estimate of drug-likeness (QED) is 0.799. The Morgan fingerprint density at radius 2 is 2.00 bits per heavy atom. The van der Waals surface area contributed by atoms with Gasteiger partial charge in [0.25, 0.3) is 0 Å². The van der Waals surface area contributed by atoms with Crippen LogP contribution in [0.15, 0.2) is 35.9 Å². The summed E-state index contributed by atoms with van der Waals surface area (Å²) in [7, 11) is 0. The van der Waals surface area contributed by atoms with E-state index in [9.17, 15) is 0 Å². The summed E-state index contributed by atoms with van der Waals surface area (Å²) in [5, 5.41) is 3.62. The summed E-state index contributed by atoms with van der Waals surface area (Å²) in [4.78, 5) is 2.57. The van der Waals surface area contributed by atoms with E-state index >= 15 is 0 Å². The maximum absolute atomic E-state index is 3.62. The van der Waals surface area contributed by atoms with E-state index in [4.69, 9.17) is 0 Å². The fourth-order valence-electron chi connectivity index (χ4n) is 3.02. The first-order valence-corrected chi connectivity index (χ1v) is 7.99. The van der Waals surface area contributed by atoms with Gasteiger partial charge < -0.3 is 5.32 Å². The van der Waals surface area contributed by atoms with Gasteiger partial charge in [0, 0.05) is 25.7 Å². The molecule has 0 radical (unpaired) electrons. The molecule has 0 saturated heterocycles. The Kier molecular flexibility index (Phi) is 4.54. The molecule has 1 aliphatic heterocycles. The van der Waals surface area contributed by atoms with Crippen molar-refractivity contribution in [3.05, 3.63) is 47.0 Å². The van der Waals surface area contributed by atoms with Crippen molar-refractivity contribution in [2.75, 3.05) is 19.6 Å². The Balaban J connectivity index is 1.58. The zero-order valence-corrected chi connectivity index (χ0v) is 12.6. The van der Waals surface area contributed by atoms with Crippen molar-refractivity contribution in [3.63, 3.8) is 0 Å². The molecule has 1 aromatic carbocycles. The summed E-state index contributed by atoms with van der Waals surface area (Å²) >= 11 is 0. The van der Waals surface area contributed by atoms with Crippen LogP contribution in [-0.2, 0) is 13.0 Å². The van der Waals surface area contributed by atoms with Gasteiger partial charge in [-0.2, -0.15) is 0 Å². The van der Waals surface area contributed by atoms with E-state index in [1.807, 2.05) is 0 Å². The minimum Gasteiger partial charge on any atom is -0.314 e. The van der Waals surface area contributed by atoms with Crippen LogP contribution in [-0.4, -0.2) is 30.6 Å². The standard InChI is InChI=1S/C18H26N2/c1-15-5-4-12-20(13-15)14-17-7-3-2-6-16(17)10-11-19-18-8-9-18/h2-3,5-7,18-19H,4,8-14H2,1H3. The average molecular weight is 270 g/mol. The molecule has 0 bridgehead atoms. The number of nitrogens with zero attached hydrogens (tertiary/aromatic N) is 1.